The maximum absolute atomic E-state index is 12.6. The van der Waals surface area contributed by atoms with E-state index in [1.807, 2.05) is 0 Å². The molecule has 2 aromatic heterocycles. The summed E-state index contributed by atoms with van der Waals surface area (Å²) >= 11 is 0. The normalized spacial score (nSPS) is 11.3. The fourth-order valence-corrected chi connectivity index (χ4v) is 3.47. The number of rotatable bonds is 7. The van der Waals surface area contributed by atoms with Crippen molar-refractivity contribution in [2.45, 2.75) is 19.5 Å². The molecule has 0 bridgehead atoms. The number of fused-ring (bicyclic) bond motifs is 1. The van der Waals surface area contributed by atoms with Crippen LogP contribution in [0.4, 0.5) is 4.39 Å². The molecule has 1 atom stereocenters. The number of nitrogens with one attached hydrogen (secondary N) is 2. The summed E-state index contributed by atoms with van der Waals surface area (Å²) in [5, 5.41) is 20.5. The summed E-state index contributed by atoms with van der Waals surface area (Å²) in [7, 11) is 0. The molecule has 202 valence electrons. The number of carbonyl (C=O) groups excluding carboxylic acids is 2. The van der Waals surface area contributed by atoms with Gasteiger partial charge in [-0.2, -0.15) is 0 Å². The van der Waals surface area contributed by atoms with E-state index < -0.39 is 41.2 Å². The zero-order chi connectivity index (χ0) is 28.9. The first-order valence-corrected chi connectivity index (χ1v) is 11.2. The van der Waals surface area contributed by atoms with Gasteiger partial charge in [-0.15, -0.1) is 0 Å². The largest absolute Gasteiger partial charge is 0.478 e. The van der Waals surface area contributed by atoms with Gasteiger partial charge in [-0.05, 0) is 41.8 Å². The molecule has 2 aromatic carbocycles. The van der Waals surface area contributed by atoms with E-state index in [0.717, 1.165) is 22.2 Å². The standard InChI is InChI=1S/C17H13N5O7.C8H10FN/c18-13(23)12(7-1-3-8(4-2-7)15(25)26)21-14(24)9-5-10(16(27)28)22-11(20-9)6-19-17(22)29;1-6-4-7(5-10)2-3-8(6)9/h1-6,12H,(H2,18,23)(H,19,29)(H,21,24)(H,25,26)(H,27,28);2-4H,5,10H2,1H3/t12-;/m1./s1. The van der Waals surface area contributed by atoms with Gasteiger partial charge >= 0.3 is 17.6 Å². The maximum Gasteiger partial charge on any atom is 0.353 e. The molecular formula is C25H23FN6O7. The smallest absolute Gasteiger partial charge is 0.353 e. The predicted octanol–water partition coefficient (Wildman–Crippen LogP) is 0.968. The predicted molar refractivity (Wildman–Crippen MR) is 135 cm³/mol. The van der Waals surface area contributed by atoms with Gasteiger partial charge in [0.2, 0.25) is 5.91 Å². The molecule has 0 spiro atoms. The molecule has 0 fully saturated rings. The van der Waals surface area contributed by atoms with E-state index in [1.54, 1.807) is 19.1 Å². The Morgan fingerprint density at radius 2 is 1.74 bits per heavy atom. The van der Waals surface area contributed by atoms with Crippen molar-refractivity contribution < 1.29 is 33.8 Å². The van der Waals surface area contributed by atoms with E-state index in [2.05, 4.69) is 15.3 Å². The molecule has 0 aliphatic carbocycles. The van der Waals surface area contributed by atoms with Crippen LogP contribution in [0.2, 0.25) is 0 Å². The second kappa shape index (κ2) is 11.8. The van der Waals surface area contributed by atoms with Crippen molar-refractivity contribution in [3.63, 3.8) is 0 Å². The van der Waals surface area contributed by atoms with E-state index in [0.29, 0.717) is 12.1 Å². The Bertz CT molecular complexity index is 1630. The monoisotopic (exact) mass is 538 g/mol. The lowest BCUT2D eigenvalue weighted by molar-refractivity contribution is -0.120. The maximum atomic E-state index is 12.6. The Hall–Kier alpha value is -5.37. The summed E-state index contributed by atoms with van der Waals surface area (Å²) in [6.07, 6.45) is 1.13. The highest BCUT2D eigenvalue weighted by molar-refractivity contribution is 5.98. The van der Waals surface area contributed by atoms with Crippen LogP contribution in [0, 0.1) is 12.7 Å². The number of aryl methyl sites for hydroxylation is 1. The Balaban J connectivity index is 0.000000353. The number of carboxylic acid groups (broad SMARTS) is 2. The highest BCUT2D eigenvalue weighted by atomic mass is 19.1. The number of carboxylic acids is 2. The number of imidazole rings is 1. The van der Waals surface area contributed by atoms with Gasteiger partial charge in [-0.3, -0.25) is 9.59 Å². The highest BCUT2D eigenvalue weighted by Gasteiger charge is 2.24. The molecule has 4 aromatic rings. The van der Waals surface area contributed by atoms with Crippen molar-refractivity contribution >= 4 is 29.4 Å². The zero-order valence-corrected chi connectivity index (χ0v) is 20.3. The fourth-order valence-electron chi connectivity index (χ4n) is 3.47. The molecule has 0 saturated carbocycles. The third-order valence-electron chi connectivity index (χ3n) is 5.47. The number of aromatic carboxylic acids is 2. The third kappa shape index (κ3) is 6.50. The minimum Gasteiger partial charge on any atom is -0.478 e. The second-order valence-electron chi connectivity index (χ2n) is 8.14. The molecule has 0 unspecified atom stereocenters. The van der Waals surface area contributed by atoms with Crippen molar-refractivity contribution in [1.82, 2.24) is 19.7 Å². The second-order valence-corrected chi connectivity index (χ2v) is 8.14. The van der Waals surface area contributed by atoms with Crippen LogP contribution in [0.3, 0.4) is 0 Å². The first-order valence-electron chi connectivity index (χ1n) is 11.2. The van der Waals surface area contributed by atoms with Crippen LogP contribution in [-0.2, 0) is 11.3 Å². The number of nitrogens with zero attached hydrogens (tertiary/aromatic N) is 2. The topological polar surface area (TPSA) is 223 Å². The van der Waals surface area contributed by atoms with Crippen LogP contribution >= 0.6 is 0 Å². The molecule has 2 amide bonds. The van der Waals surface area contributed by atoms with Crippen LogP contribution in [0.1, 0.15) is 54.1 Å². The summed E-state index contributed by atoms with van der Waals surface area (Å²) in [5.41, 5.74) is 10.8. The summed E-state index contributed by atoms with van der Waals surface area (Å²) in [5.74, 6) is -4.66. The number of aromatic amines is 1. The van der Waals surface area contributed by atoms with Crippen molar-refractivity contribution in [1.29, 1.82) is 0 Å². The highest BCUT2D eigenvalue weighted by Crippen LogP contribution is 2.16. The Morgan fingerprint density at radius 3 is 2.28 bits per heavy atom. The lowest BCUT2D eigenvalue weighted by Gasteiger charge is -2.16. The summed E-state index contributed by atoms with van der Waals surface area (Å²) in [6.45, 7) is 2.20. The lowest BCUT2D eigenvalue weighted by atomic mass is 10.0. The number of carbonyl (C=O) groups is 4. The number of H-pyrrole nitrogens is 1. The number of aromatic nitrogens is 3. The van der Waals surface area contributed by atoms with Crippen molar-refractivity contribution in [2.75, 3.05) is 0 Å². The Morgan fingerprint density at radius 1 is 1.08 bits per heavy atom. The first-order chi connectivity index (χ1) is 18.4. The molecule has 14 heteroatoms. The van der Waals surface area contributed by atoms with E-state index >= 15 is 0 Å². The van der Waals surface area contributed by atoms with Gasteiger partial charge in [0.15, 0.2) is 5.65 Å². The number of benzene rings is 2. The van der Waals surface area contributed by atoms with E-state index in [-0.39, 0.29) is 28.3 Å². The molecule has 0 aliphatic rings. The number of hydrogen-bond acceptors (Lipinski definition) is 7. The van der Waals surface area contributed by atoms with Gasteiger partial charge in [-0.25, -0.2) is 28.2 Å². The third-order valence-corrected chi connectivity index (χ3v) is 5.47. The molecule has 0 saturated heterocycles. The molecule has 8 N–H and O–H groups in total. The quantitative estimate of drug-likeness (QED) is 0.197. The number of amides is 2. The van der Waals surface area contributed by atoms with Gasteiger partial charge in [0, 0.05) is 18.8 Å². The molecule has 13 nitrogen and oxygen atoms in total. The number of halogens is 1. The molecular weight excluding hydrogens is 515 g/mol. The van der Waals surface area contributed by atoms with E-state index in [1.165, 1.54) is 30.3 Å². The van der Waals surface area contributed by atoms with Gasteiger partial charge in [0.25, 0.3) is 5.91 Å². The van der Waals surface area contributed by atoms with Gasteiger partial charge in [-0.1, -0.05) is 24.3 Å². The van der Waals surface area contributed by atoms with Gasteiger partial charge in [0.1, 0.15) is 23.2 Å². The minimum absolute atomic E-state index is 0.0283. The SMILES string of the molecule is Cc1cc(CN)ccc1F.NC(=O)[C@H](NC(=O)c1cc(C(=O)O)n2c(=O)[nH]cc2n1)c1ccc(C(=O)O)cc1. The van der Waals surface area contributed by atoms with Crippen LogP contribution in [0.5, 0.6) is 0 Å². The molecule has 39 heavy (non-hydrogen) atoms. The Kier molecular flexibility index (Phi) is 8.52. The number of nitrogens with two attached hydrogens (primary N) is 2. The van der Waals surface area contributed by atoms with Gasteiger partial charge in [0.05, 0.1) is 5.56 Å². The first kappa shape index (κ1) is 28.2. The average Bonchev–Trinajstić information content (AvgIpc) is 3.28. The van der Waals surface area contributed by atoms with Crippen LogP contribution in [0.25, 0.3) is 5.65 Å². The molecule has 4 rings (SSSR count). The molecule has 0 radical (unpaired) electrons. The van der Waals surface area contributed by atoms with E-state index in [9.17, 15) is 33.5 Å². The van der Waals surface area contributed by atoms with Crippen LogP contribution in [0.15, 0.2) is 59.5 Å². The fraction of sp³-hybridized carbons (Fsp3) is 0.120. The summed E-state index contributed by atoms with van der Waals surface area (Å²) in [4.78, 5) is 64.6. The van der Waals surface area contributed by atoms with Gasteiger partial charge < -0.3 is 32.0 Å². The zero-order valence-electron chi connectivity index (χ0n) is 20.3. The average molecular weight is 538 g/mol. The molecule has 0 aliphatic heterocycles. The lowest BCUT2D eigenvalue weighted by Crippen LogP contribution is -2.38. The number of hydrogen-bond donors (Lipinski definition) is 6. The molecule has 2 heterocycles. The van der Waals surface area contributed by atoms with E-state index in [4.69, 9.17) is 16.6 Å². The van der Waals surface area contributed by atoms with Crippen molar-refractivity contribution in [2.24, 2.45) is 11.5 Å². The minimum atomic E-state index is -1.47. The summed E-state index contributed by atoms with van der Waals surface area (Å²) < 4.78 is 13.4. The number of primary amides is 1. The van der Waals surface area contributed by atoms with Crippen molar-refractivity contribution in [3.05, 3.63) is 105 Å². The van der Waals surface area contributed by atoms with Crippen LogP contribution in [-0.4, -0.2) is 48.3 Å². The van der Waals surface area contributed by atoms with Crippen LogP contribution < -0.4 is 22.5 Å². The Labute approximate surface area is 218 Å². The summed E-state index contributed by atoms with van der Waals surface area (Å²) in [6, 6.07) is 9.54. The van der Waals surface area contributed by atoms with Crippen molar-refractivity contribution in [3.8, 4) is 0 Å².